The van der Waals surface area contributed by atoms with Gasteiger partial charge >= 0.3 is 5.69 Å². The summed E-state index contributed by atoms with van der Waals surface area (Å²) in [5, 5.41) is 3.29. The van der Waals surface area contributed by atoms with Crippen molar-refractivity contribution in [2.24, 2.45) is 5.41 Å². The molecule has 0 bridgehead atoms. The fourth-order valence-corrected chi connectivity index (χ4v) is 4.34. The van der Waals surface area contributed by atoms with Crippen molar-refractivity contribution in [1.82, 2.24) is 9.55 Å². The Kier molecular flexibility index (Phi) is 3.94. The highest BCUT2D eigenvalue weighted by molar-refractivity contribution is 6.01. The van der Waals surface area contributed by atoms with Crippen LogP contribution in [-0.2, 0) is 11.3 Å². The van der Waals surface area contributed by atoms with E-state index in [9.17, 15) is 14.4 Å². The molecule has 2 aromatic rings. The maximum Gasteiger partial charge on any atom is 0.329 e. The monoisotopic (exact) mass is 365 g/mol. The number of benzene rings is 1. The lowest BCUT2D eigenvalue weighted by molar-refractivity contribution is -0.118. The molecule has 27 heavy (non-hydrogen) atoms. The van der Waals surface area contributed by atoms with E-state index in [4.69, 9.17) is 0 Å². The molecule has 6 heteroatoms. The smallest absolute Gasteiger partial charge is 0.329 e. The van der Waals surface area contributed by atoms with Crippen molar-refractivity contribution in [2.45, 2.75) is 46.1 Å². The number of fused-ring (bicyclic) bond motifs is 1. The fraction of sp³-hybridized carbons (Fsp3) is 0.381. The molecule has 2 N–H and O–H groups in total. The van der Waals surface area contributed by atoms with Crippen molar-refractivity contribution in [3.8, 4) is 0 Å². The largest absolute Gasteiger partial charge is 0.344 e. The minimum atomic E-state index is -0.469. The number of nitrogens with one attached hydrogen (secondary N) is 2. The van der Waals surface area contributed by atoms with Crippen LogP contribution in [0.3, 0.4) is 0 Å². The summed E-state index contributed by atoms with van der Waals surface area (Å²) in [6.45, 7) is 6.41. The fourth-order valence-electron chi connectivity index (χ4n) is 4.34. The molecule has 0 saturated heterocycles. The standard InChI is InChI=1S/C21H23N3O3/c1-4-24-18-17(19(26)23-20(24)27)15(12-8-6-5-7-9-12)16-13(22-18)10-21(2,3)11-14(16)25/h5-9,15,22H,4,10-11H2,1-3H3,(H,23,26,27)/t15-/m1/s1. The third kappa shape index (κ3) is 2.76. The van der Waals surface area contributed by atoms with Crippen LogP contribution in [0.15, 0.2) is 51.2 Å². The molecule has 4 rings (SSSR count). The zero-order valence-corrected chi connectivity index (χ0v) is 15.8. The van der Waals surface area contributed by atoms with Gasteiger partial charge in [-0.15, -0.1) is 0 Å². The number of aromatic amines is 1. The Bertz CT molecular complexity index is 1070. The Hall–Kier alpha value is -2.89. The van der Waals surface area contributed by atoms with Crippen LogP contribution < -0.4 is 16.6 Å². The Labute approximate surface area is 156 Å². The first-order valence-corrected chi connectivity index (χ1v) is 9.27. The molecule has 1 aromatic heterocycles. The normalized spacial score (nSPS) is 20.7. The molecule has 0 unspecified atom stereocenters. The molecule has 2 aliphatic rings. The molecule has 2 heterocycles. The number of rotatable bonds is 2. The van der Waals surface area contributed by atoms with E-state index >= 15 is 0 Å². The van der Waals surface area contributed by atoms with Crippen molar-refractivity contribution in [1.29, 1.82) is 0 Å². The van der Waals surface area contributed by atoms with E-state index in [2.05, 4.69) is 24.1 Å². The molecule has 6 nitrogen and oxygen atoms in total. The van der Waals surface area contributed by atoms with Crippen LogP contribution >= 0.6 is 0 Å². The number of hydrogen-bond acceptors (Lipinski definition) is 4. The molecule has 1 aliphatic heterocycles. The van der Waals surface area contributed by atoms with Gasteiger partial charge < -0.3 is 5.32 Å². The molecule has 0 radical (unpaired) electrons. The van der Waals surface area contributed by atoms with E-state index in [1.807, 2.05) is 37.3 Å². The minimum absolute atomic E-state index is 0.0573. The van der Waals surface area contributed by atoms with Gasteiger partial charge in [0.1, 0.15) is 5.82 Å². The van der Waals surface area contributed by atoms with Crippen LogP contribution in [0.25, 0.3) is 0 Å². The van der Waals surface area contributed by atoms with Crippen molar-refractivity contribution >= 4 is 11.6 Å². The predicted molar refractivity (Wildman–Crippen MR) is 104 cm³/mol. The average molecular weight is 365 g/mol. The van der Waals surface area contributed by atoms with Crippen LogP contribution in [0.1, 0.15) is 50.7 Å². The first-order chi connectivity index (χ1) is 12.8. The van der Waals surface area contributed by atoms with Crippen LogP contribution in [0.2, 0.25) is 0 Å². The van der Waals surface area contributed by atoms with Crippen LogP contribution in [0.4, 0.5) is 5.82 Å². The van der Waals surface area contributed by atoms with E-state index < -0.39 is 17.2 Å². The lowest BCUT2D eigenvalue weighted by Gasteiger charge is -2.39. The molecule has 0 spiro atoms. The maximum absolute atomic E-state index is 13.1. The number of hydrogen-bond donors (Lipinski definition) is 2. The van der Waals surface area contributed by atoms with E-state index in [1.165, 1.54) is 4.57 Å². The molecule has 0 amide bonds. The molecular formula is C21H23N3O3. The molecule has 0 fully saturated rings. The van der Waals surface area contributed by atoms with Gasteiger partial charge in [0.15, 0.2) is 5.78 Å². The summed E-state index contributed by atoms with van der Waals surface area (Å²) in [6, 6.07) is 9.57. The first-order valence-electron chi connectivity index (χ1n) is 9.27. The van der Waals surface area contributed by atoms with Gasteiger partial charge in [0, 0.05) is 30.2 Å². The van der Waals surface area contributed by atoms with Gasteiger partial charge in [0.2, 0.25) is 0 Å². The van der Waals surface area contributed by atoms with Gasteiger partial charge in [0.05, 0.1) is 5.56 Å². The van der Waals surface area contributed by atoms with Crippen LogP contribution in [0.5, 0.6) is 0 Å². The van der Waals surface area contributed by atoms with Gasteiger partial charge in [0.25, 0.3) is 5.56 Å². The van der Waals surface area contributed by atoms with Gasteiger partial charge in [-0.2, -0.15) is 0 Å². The molecule has 0 saturated carbocycles. The highest BCUT2D eigenvalue weighted by Crippen LogP contribution is 2.47. The zero-order valence-electron chi connectivity index (χ0n) is 15.8. The second-order valence-corrected chi connectivity index (χ2v) is 8.07. The van der Waals surface area contributed by atoms with E-state index in [0.29, 0.717) is 36.3 Å². The lowest BCUT2D eigenvalue weighted by atomic mass is 9.69. The second-order valence-electron chi connectivity index (χ2n) is 8.07. The van der Waals surface area contributed by atoms with Gasteiger partial charge in [-0.3, -0.25) is 19.1 Å². The van der Waals surface area contributed by atoms with Crippen LogP contribution in [-0.4, -0.2) is 15.3 Å². The second kappa shape index (κ2) is 6.08. The van der Waals surface area contributed by atoms with Crippen molar-refractivity contribution in [3.05, 3.63) is 73.6 Å². The summed E-state index contributed by atoms with van der Waals surface area (Å²) in [7, 11) is 0. The highest BCUT2D eigenvalue weighted by atomic mass is 16.2. The van der Waals surface area contributed by atoms with Gasteiger partial charge in [-0.1, -0.05) is 44.2 Å². The minimum Gasteiger partial charge on any atom is -0.344 e. The maximum atomic E-state index is 13.1. The van der Waals surface area contributed by atoms with Crippen LogP contribution in [0, 0.1) is 5.41 Å². The Morgan fingerprint density at radius 1 is 1.11 bits per heavy atom. The quantitative estimate of drug-likeness (QED) is 0.857. The Morgan fingerprint density at radius 3 is 2.48 bits per heavy atom. The summed E-state index contributed by atoms with van der Waals surface area (Å²) >= 11 is 0. The molecule has 140 valence electrons. The van der Waals surface area contributed by atoms with E-state index in [0.717, 1.165) is 11.3 Å². The van der Waals surface area contributed by atoms with Crippen molar-refractivity contribution in [3.63, 3.8) is 0 Å². The number of H-pyrrole nitrogens is 1. The predicted octanol–water partition coefficient (Wildman–Crippen LogP) is 2.76. The Morgan fingerprint density at radius 2 is 1.81 bits per heavy atom. The average Bonchev–Trinajstić information content (AvgIpc) is 2.60. The molecule has 1 aromatic carbocycles. The zero-order chi connectivity index (χ0) is 19.3. The number of Topliss-reactive ketones (excluding diaryl/α,β-unsaturated/α-hetero) is 1. The summed E-state index contributed by atoms with van der Waals surface area (Å²) in [6.07, 6.45) is 1.14. The van der Waals surface area contributed by atoms with E-state index in [-0.39, 0.29) is 11.2 Å². The first kappa shape index (κ1) is 17.5. The highest BCUT2D eigenvalue weighted by Gasteiger charge is 2.42. The van der Waals surface area contributed by atoms with Gasteiger partial charge in [-0.05, 0) is 24.3 Å². The number of ketones is 1. The number of aromatic nitrogens is 2. The number of carbonyl (C=O) groups excluding carboxylic acids is 1. The molecular weight excluding hydrogens is 342 g/mol. The Balaban J connectivity index is 2.06. The third-order valence-corrected chi connectivity index (χ3v) is 5.45. The van der Waals surface area contributed by atoms with E-state index in [1.54, 1.807) is 0 Å². The summed E-state index contributed by atoms with van der Waals surface area (Å²) in [4.78, 5) is 40.6. The number of carbonyl (C=O) groups is 1. The SMILES string of the molecule is CCn1c2c(c(=O)[nH]c1=O)[C@H](c1ccccc1)C1=C(CC(C)(C)CC1=O)N2. The summed E-state index contributed by atoms with van der Waals surface area (Å²) in [5.41, 5.74) is 1.75. The molecule has 1 aliphatic carbocycles. The summed E-state index contributed by atoms with van der Waals surface area (Å²) < 4.78 is 1.53. The third-order valence-electron chi connectivity index (χ3n) is 5.45. The number of nitrogens with zero attached hydrogens (tertiary/aromatic N) is 1. The summed E-state index contributed by atoms with van der Waals surface area (Å²) in [5.74, 6) is 0.0921. The lowest BCUT2D eigenvalue weighted by Crippen LogP contribution is -2.41. The number of anilines is 1. The van der Waals surface area contributed by atoms with Gasteiger partial charge in [-0.25, -0.2) is 4.79 Å². The number of allylic oxidation sites excluding steroid dienone is 2. The van der Waals surface area contributed by atoms with Crippen molar-refractivity contribution < 1.29 is 4.79 Å². The van der Waals surface area contributed by atoms with Crippen molar-refractivity contribution in [2.75, 3.05) is 5.32 Å². The topological polar surface area (TPSA) is 84.0 Å². The molecule has 1 atom stereocenters.